The lowest BCUT2D eigenvalue weighted by Crippen LogP contribution is -2.52. The second-order valence-corrected chi connectivity index (χ2v) is 6.74. The van der Waals surface area contributed by atoms with Crippen molar-refractivity contribution in [2.75, 3.05) is 0 Å². The average Bonchev–Trinajstić information content (AvgIpc) is 3.31. The Labute approximate surface area is 127 Å². The van der Waals surface area contributed by atoms with Gasteiger partial charge in [-0.15, -0.1) is 0 Å². The molecular formula is C16H29N3O2. The minimum absolute atomic E-state index is 0.0350. The highest BCUT2D eigenvalue weighted by Gasteiger charge is 2.43. The Morgan fingerprint density at radius 3 is 2.43 bits per heavy atom. The predicted octanol–water partition coefficient (Wildman–Crippen LogP) is 2.77. The van der Waals surface area contributed by atoms with Crippen molar-refractivity contribution in [3.8, 4) is 0 Å². The van der Waals surface area contributed by atoms with Crippen LogP contribution in [0, 0.1) is 11.3 Å². The van der Waals surface area contributed by atoms with Gasteiger partial charge in [0, 0.05) is 6.04 Å². The van der Waals surface area contributed by atoms with Gasteiger partial charge in [-0.1, -0.05) is 50.6 Å². The molecule has 1 unspecified atom stereocenters. The fourth-order valence-corrected chi connectivity index (χ4v) is 3.43. The second-order valence-electron chi connectivity index (χ2n) is 6.74. The number of amides is 1. The van der Waals surface area contributed by atoms with E-state index >= 15 is 0 Å². The molecule has 2 aliphatic rings. The maximum absolute atomic E-state index is 12.9. The Kier molecular flexibility index (Phi) is 5.48. The highest BCUT2D eigenvalue weighted by Crippen LogP contribution is 2.37. The first-order valence-corrected chi connectivity index (χ1v) is 8.41. The summed E-state index contributed by atoms with van der Waals surface area (Å²) in [5.41, 5.74) is 5.12. The summed E-state index contributed by atoms with van der Waals surface area (Å²) in [5.74, 6) is 0.833. The number of rotatable bonds is 6. The highest BCUT2D eigenvalue weighted by molar-refractivity contribution is 6.06. The summed E-state index contributed by atoms with van der Waals surface area (Å²) in [7, 11) is 0. The maximum atomic E-state index is 12.9. The van der Waals surface area contributed by atoms with Crippen LogP contribution in [-0.2, 0) is 4.79 Å². The number of amidine groups is 1. The molecule has 5 heteroatoms. The molecule has 4 N–H and O–H groups in total. The Hall–Kier alpha value is -1.26. The minimum Gasteiger partial charge on any atom is -0.409 e. The van der Waals surface area contributed by atoms with Gasteiger partial charge in [0.1, 0.15) is 5.41 Å². The Bertz CT molecular complexity index is 383. The van der Waals surface area contributed by atoms with E-state index in [4.69, 9.17) is 10.9 Å². The lowest BCUT2D eigenvalue weighted by Gasteiger charge is -2.32. The Morgan fingerprint density at radius 1 is 1.33 bits per heavy atom. The van der Waals surface area contributed by atoms with Crippen LogP contribution in [0.3, 0.4) is 0 Å². The van der Waals surface area contributed by atoms with Gasteiger partial charge in [-0.05, 0) is 31.6 Å². The normalized spacial score (nSPS) is 24.1. The molecule has 0 radical (unpaired) electrons. The van der Waals surface area contributed by atoms with E-state index < -0.39 is 5.41 Å². The molecule has 1 amide bonds. The van der Waals surface area contributed by atoms with Gasteiger partial charge in [-0.2, -0.15) is 0 Å². The van der Waals surface area contributed by atoms with E-state index in [1.165, 1.54) is 12.8 Å². The van der Waals surface area contributed by atoms with Gasteiger partial charge < -0.3 is 16.3 Å². The van der Waals surface area contributed by atoms with E-state index in [9.17, 15) is 4.79 Å². The van der Waals surface area contributed by atoms with Crippen LogP contribution in [0.25, 0.3) is 0 Å². The largest absolute Gasteiger partial charge is 0.409 e. The molecule has 0 spiro atoms. The Morgan fingerprint density at radius 2 is 1.95 bits per heavy atom. The van der Waals surface area contributed by atoms with Gasteiger partial charge in [0.15, 0.2) is 5.84 Å². The number of carbonyl (C=O) groups is 1. The van der Waals surface area contributed by atoms with Gasteiger partial charge in [0.2, 0.25) is 5.91 Å². The first-order valence-electron chi connectivity index (χ1n) is 8.41. The van der Waals surface area contributed by atoms with Crippen LogP contribution in [-0.4, -0.2) is 23.0 Å². The van der Waals surface area contributed by atoms with Crippen LogP contribution in [0.15, 0.2) is 5.16 Å². The zero-order chi connectivity index (χ0) is 15.3. The van der Waals surface area contributed by atoms with Crippen LogP contribution in [0.4, 0.5) is 0 Å². The highest BCUT2D eigenvalue weighted by atomic mass is 16.4. The van der Waals surface area contributed by atoms with E-state index in [0.717, 1.165) is 44.4 Å². The first kappa shape index (κ1) is 16.1. The maximum Gasteiger partial charge on any atom is 0.234 e. The van der Waals surface area contributed by atoms with Crippen LogP contribution in [0.1, 0.15) is 71.1 Å². The van der Waals surface area contributed by atoms with E-state index in [0.29, 0.717) is 12.8 Å². The summed E-state index contributed by atoms with van der Waals surface area (Å²) in [6.07, 6.45) is 10.1. The molecule has 120 valence electrons. The van der Waals surface area contributed by atoms with E-state index in [1.807, 2.05) is 0 Å². The Balaban J connectivity index is 2.08. The zero-order valence-electron chi connectivity index (χ0n) is 13.1. The van der Waals surface area contributed by atoms with Crippen molar-refractivity contribution < 1.29 is 10.0 Å². The number of carbonyl (C=O) groups excluding carboxylic acids is 1. The van der Waals surface area contributed by atoms with Crippen molar-refractivity contribution in [2.45, 2.75) is 77.2 Å². The van der Waals surface area contributed by atoms with Crippen LogP contribution >= 0.6 is 0 Å². The fraction of sp³-hybridized carbons (Fsp3) is 0.875. The number of hydrogen-bond donors (Lipinski definition) is 3. The molecule has 0 heterocycles. The van der Waals surface area contributed by atoms with Crippen LogP contribution < -0.4 is 11.1 Å². The van der Waals surface area contributed by atoms with Gasteiger partial charge >= 0.3 is 0 Å². The molecule has 0 saturated heterocycles. The van der Waals surface area contributed by atoms with Gasteiger partial charge in [0.05, 0.1) is 0 Å². The average molecular weight is 295 g/mol. The van der Waals surface area contributed by atoms with Crippen molar-refractivity contribution in [1.29, 1.82) is 0 Å². The molecular weight excluding hydrogens is 266 g/mol. The quantitative estimate of drug-likeness (QED) is 0.231. The third-order valence-electron chi connectivity index (χ3n) is 5.13. The lowest BCUT2D eigenvalue weighted by molar-refractivity contribution is -0.129. The van der Waals surface area contributed by atoms with Crippen LogP contribution in [0.5, 0.6) is 0 Å². The monoisotopic (exact) mass is 295 g/mol. The second kappa shape index (κ2) is 7.14. The lowest BCUT2D eigenvalue weighted by atomic mass is 9.78. The summed E-state index contributed by atoms with van der Waals surface area (Å²) >= 11 is 0. The smallest absolute Gasteiger partial charge is 0.234 e. The molecule has 2 aliphatic carbocycles. The molecule has 0 bridgehead atoms. The van der Waals surface area contributed by atoms with E-state index in [1.54, 1.807) is 0 Å². The third-order valence-corrected chi connectivity index (χ3v) is 5.13. The minimum atomic E-state index is -0.803. The molecule has 0 aliphatic heterocycles. The summed E-state index contributed by atoms with van der Waals surface area (Å²) < 4.78 is 0. The molecule has 2 fully saturated rings. The van der Waals surface area contributed by atoms with Crippen molar-refractivity contribution >= 4 is 11.7 Å². The molecule has 21 heavy (non-hydrogen) atoms. The molecule has 0 aromatic rings. The first-order chi connectivity index (χ1) is 10.1. The standard InChI is InChI=1S/C16H29N3O2/c1-2-13(11-12-7-8-12)18-15(20)16(14(17)19-21)9-5-3-4-6-10-16/h12-13,21H,2-11H2,1H3,(H2,17,19)(H,18,20). The number of oxime groups is 1. The van der Waals surface area contributed by atoms with E-state index in [2.05, 4.69) is 17.4 Å². The van der Waals surface area contributed by atoms with E-state index in [-0.39, 0.29) is 17.8 Å². The molecule has 0 aromatic carbocycles. The summed E-state index contributed by atoms with van der Waals surface area (Å²) in [6.45, 7) is 2.11. The van der Waals surface area contributed by atoms with Crippen molar-refractivity contribution in [1.82, 2.24) is 5.32 Å². The molecule has 0 aromatic heterocycles. The summed E-state index contributed by atoms with van der Waals surface area (Å²) in [4.78, 5) is 12.9. The van der Waals surface area contributed by atoms with Crippen molar-refractivity contribution in [3.63, 3.8) is 0 Å². The van der Waals surface area contributed by atoms with Crippen molar-refractivity contribution in [3.05, 3.63) is 0 Å². The molecule has 2 rings (SSSR count). The van der Waals surface area contributed by atoms with Crippen LogP contribution in [0.2, 0.25) is 0 Å². The zero-order valence-corrected chi connectivity index (χ0v) is 13.1. The van der Waals surface area contributed by atoms with Gasteiger partial charge in [-0.25, -0.2) is 0 Å². The molecule has 1 atom stereocenters. The summed E-state index contributed by atoms with van der Waals surface area (Å²) in [6, 6.07) is 0.219. The predicted molar refractivity (Wildman–Crippen MR) is 83.1 cm³/mol. The topological polar surface area (TPSA) is 87.7 Å². The summed E-state index contributed by atoms with van der Waals surface area (Å²) in [5, 5.41) is 15.5. The number of nitrogens with one attached hydrogen (secondary N) is 1. The number of hydrogen-bond acceptors (Lipinski definition) is 3. The molecule has 5 nitrogen and oxygen atoms in total. The van der Waals surface area contributed by atoms with Gasteiger partial charge in [-0.3, -0.25) is 4.79 Å². The number of nitrogens with two attached hydrogens (primary N) is 1. The van der Waals surface area contributed by atoms with Crippen molar-refractivity contribution in [2.24, 2.45) is 22.2 Å². The molecule has 2 saturated carbocycles. The number of nitrogens with zero attached hydrogens (tertiary/aromatic N) is 1. The SMILES string of the molecule is CCC(CC1CC1)NC(=O)C1(C(N)=NO)CCCCCC1. The third kappa shape index (κ3) is 3.89. The van der Waals surface area contributed by atoms with Gasteiger partial charge in [0.25, 0.3) is 0 Å². The fourth-order valence-electron chi connectivity index (χ4n) is 3.43.